The van der Waals surface area contributed by atoms with Crippen molar-refractivity contribution in [3.8, 4) is 5.75 Å². The van der Waals surface area contributed by atoms with Crippen LogP contribution in [0.25, 0.3) is 0 Å². The molecule has 0 amide bonds. The van der Waals surface area contributed by atoms with Crippen molar-refractivity contribution in [1.29, 1.82) is 0 Å². The van der Waals surface area contributed by atoms with E-state index in [2.05, 4.69) is 25.6 Å². The Kier molecular flexibility index (Phi) is 4.01. The molecule has 0 saturated heterocycles. The van der Waals surface area contributed by atoms with Crippen molar-refractivity contribution in [2.45, 2.75) is 0 Å². The summed E-state index contributed by atoms with van der Waals surface area (Å²) in [5.74, 6) is 1.83. The number of methoxy groups -OCH3 is 1. The molecule has 0 radical (unpaired) electrons. The van der Waals surface area contributed by atoms with E-state index >= 15 is 0 Å². The van der Waals surface area contributed by atoms with Gasteiger partial charge in [-0.05, 0) is 24.3 Å². The summed E-state index contributed by atoms with van der Waals surface area (Å²) in [7, 11) is 1.63. The number of nitrogens with one attached hydrogen (secondary N) is 2. The fourth-order valence-electron chi connectivity index (χ4n) is 1.79. The lowest BCUT2D eigenvalue weighted by Gasteiger charge is -2.11. The zero-order chi connectivity index (χ0) is 15.4. The van der Waals surface area contributed by atoms with Gasteiger partial charge in [0.05, 0.1) is 7.11 Å². The number of hydrogen-bond acceptors (Lipinski definition) is 8. The number of nitrogen functional groups attached to an aromatic ring is 1. The molecule has 2 aromatic heterocycles. The standard InChI is InChI=1S/C14H14N6OS/c1-21-10-4-2-9(3-5-10)19-12-11(15)13(18-8-17-12)20-14-16-6-7-22-14/h2-8H,15H2,1H3,(H2,16,17,18,19,20). The van der Waals surface area contributed by atoms with Crippen LogP contribution in [-0.4, -0.2) is 22.1 Å². The van der Waals surface area contributed by atoms with Crippen LogP contribution in [0.15, 0.2) is 42.2 Å². The highest BCUT2D eigenvalue weighted by Crippen LogP contribution is 2.29. The van der Waals surface area contributed by atoms with Crippen LogP contribution in [0, 0.1) is 0 Å². The molecule has 0 aliphatic carbocycles. The highest BCUT2D eigenvalue weighted by molar-refractivity contribution is 7.13. The molecule has 3 aromatic rings. The molecule has 0 atom stereocenters. The van der Waals surface area contributed by atoms with Gasteiger partial charge in [0.25, 0.3) is 0 Å². The summed E-state index contributed by atoms with van der Waals surface area (Å²) >= 11 is 1.47. The molecule has 0 unspecified atom stereocenters. The van der Waals surface area contributed by atoms with Crippen molar-refractivity contribution in [2.24, 2.45) is 0 Å². The van der Waals surface area contributed by atoms with Gasteiger partial charge in [-0.1, -0.05) is 0 Å². The maximum absolute atomic E-state index is 6.11. The summed E-state index contributed by atoms with van der Waals surface area (Å²) in [6.45, 7) is 0. The second kappa shape index (κ2) is 6.27. The normalized spacial score (nSPS) is 10.2. The third-order valence-corrected chi connectivity index (χ3v) is 3.58. The molecule has 0 aliphatic heterocycles. The molecule has 1 aromatic carbocycles. The molecule has 22 heavy (non-hydrogen) atoms. The maximum atomic E-state index is 6.11. The Labute approximate surface area is 131 Å². The summed E-state index contributed by atoms with van der Waals surface area (Å²) < 4.78 is 5.13. The van der Waals surface area contributed by atoms with Crippen LogP contribution >= 0.6 is 11.3 Å². The first-order valence-corrected chi connectivity index (χ1v) is 7.32. The lowest BCUT2D eigenvalue weighted by molar-refractivity contribution is 0.415. The van der Waals surface area contributed by atoms with E-state index in [-0.39, 0.29) is 0 Å². The van der Waals surface area contributed by atoms with Gasteiger partial charge in [0.15, 0.2) is 16.8 Å². The Morgan fingerprint density at radius 2 is 1.77 bits per heavy atom. The van der Waals surface area contributed by atoms with Gasteiger partial charge < -0.3 is 21.1 Å². The molecule has 0 bridgehead atoms. The molecule has 0 saturated carbocycles. The van der Waals surface area contributed by atoms with Gasteiger partial charge in [-0.25, -0.2) is 15.0 Å². The van der Waals surface area contributed by atoms with Gasteiger partial charge in [-0.3, -0.25) is 0 Å². The van der Waals surface area contributed by atoms with Crippen LogP contribution in [-0.2, 0) is 0 Å². The van der Waals surface area contributed by atoms with Crippen LogP contribution in [0.2, 0.25) is 0 Å². The number of hydrogen-bond donors (Lipinski definition) is 3. The number of nitrogens with two attached hydrogens (primary N) is 1. The van der Waals surface area contributed by atoms with Gasteiger partial charge >= 0.3 is 0 Å². The second-order valence-corrected chi connectivity index (χ2v) is 5.19. The zero-order valence-corrected chi connectivity index (χ0v) is 12.6. The SMILES string of the molecule is COc1ccc(Nc2ncnc(Nc3nccs3)c2N)cc1. The largest absolute Gasteiger partial charge is 0.497 e. The number of thiazole rings is 1. The topological polar surface area (TPSA) is 98.0 Å². The quantitative estimate of drug-likeness (QED) is 0.666. The highest BCUT2D eigenvalue weighted by atomic mass is 32.1. The van der Waals surface area contributed by atoms with E-state index in [9.17, 15) is 0 Å². The zero-order valence-electron chi connectivity index (χ0n) is 11.8. The van der Waals surface area contributed by atoms with E-state index in [0.717, 1.165) is 16.6 Å². The average Bonchev–Trinajstić information content (AvgIpc) is 3.05. The molecule has 0 fully saturated rings. The van der Waals surface area contributed by atoms with Crippen molar-refractivity contribution < 1.29 is 4.74 Å². The minimum absolute atomic E-state index is 0.425. The Morgan fingerprint density at radius 1 is 1.05 bits per heavy atom. The van der Waals surface area contributed by atoms with E-state index in [1.165, 1.54) is 17.7 Å². The predicted octanol–water partition coefficient (Wildman–Crippen LogP) is 3.01. The number of rotatable bonds is 5. The van der Waals surface area contributed by atoms with Gasteiger partial charge in [-0.2, -0.15) is 0 Å². The Morgan fingerprint density at radius 3 is 2.41 bits per heavy atom. The molecule has 112 valence electrons. The minimum atomic E-state index is 0.425. The van der Waals surface area contributed by atoms with Gasteiger partial charge in [0, 0.05) is 17.3 Å². The van der Waals surface area contributed by atoms with Crippen LogP contribution < -0.4 is 21.1 Å². The van der Waals surface area contributed by atoms with Crippen LogP contribution in [0.5, 0.6) is 5.75 Å². The first-order valence-electron chi connectivity index (χ1n) is 6.44. The number of aromatic nitrogens is 3. The van der Waals surface area contributed by atoms with Crippen LogP contribution in [0.1, 0.15) is 0 Å². The number of anilines is 5. The Balaban J connectivity index is 1.81. The molecule has 4 N–H and O–H groups in total. The van der Waals surface area contributed by atoms with Crippen molar-refractivity contribution in [1.82, 2.24) is 15.0 Å². The predicted molar refractivity (Wildman–Crippen MR) is 88.1 cm³/mol. The van der Waals surface area contributed by atoms with Crippen molar-refractivity contribution in [3.05, 3.63) is 42.2 Å². The Hall–Kier alpha value is -2.87. The number of ether oxygens (including phenoxy) is 1. The lowest BCUT2D eigenvalue weighted by atomic mass is 10.3. The molecule has 7 nitrogen and oxygen atoms in total. The smallest absolute Gasteiger partial charge is 0.188 e. The maximum Gasteiger partial charge on any atom is 0.188 e. The Bertz CT molecular complexity index is 745. The van der Waals surface area contributed by atoms with E-state index in [0.29, 0.717) is 17.3 Å². The lowest BCUT2D eigenvalue weighted by Crippen LogP contribution is -2.05. The van der Waals surface area contributed by atoms with Gasteiger partial charge in [-0.15, -0.1) is 11.3 Å². The molecule has 0 aliphatic rings. The molecular formula is C14H14N6OS. The fraction of sp³-hybridized carbons (Fsp3) is 0.0714. The minimum Gasteiger partial charge on any atom is -0.497 e. The molecule has 0 spiro atoms. The third-order valence-electron chi connectivity index (χ3n) is 2.89. The van der Waals surface area contributed by atoms with Crippen molar-refractivity contribution in [2.75, 3.05) is 23.5 Å². The van der Waals surface area contributed by atoms with Crippen LogP contribution in [0.3, 0.4) is 0 Å². The average molecular weight is 314 g/mol. The van der Waals surface area contributed by atoms with E-state index in [1.807, 2.05) is 29.6 Å². The van der Waals surface area contributed by atoms with Crippen LogP contribution in [0.4, 0.5) is 28.1 Å². The second-order valence-electron chi connectivity index (χ2n) is 4.30. The highest BCUT2D eigenvalue weighted by Gasteiger charge is 2.09. The third kappa shape index (κ3) is 3.07. The van der Waals surface area contributed by atoms with Crippen molar-refractivity contribution >= 4 is 39.5 Å². The molecule has 2 heterocycles. The van der Waals surface area contributed by atoms with Gasteiger partial charge in [0.2, 0.25) is 0 Å². The summed E-state index contributed by atoms with van der Waals surface area (Å²) in [6, 6.07) is 7.48. The fourth-order valence-corrected chi connectivity index (χ4v) is 2.32. The van der Waals surface area contributed by atoms with Gasteiger partial charge in [0.1, 0.15) is 17.8 Å². The summed E-state index contributed by atoms with van der Waals surface area (Å²) in [5.41, 5.74) is 7.38. The summed E-state index contributed by atoms with van der Waals surface area (Å²) in [6.07, 6.45) is 3.15. The summed E-state index contributed by atoms with van der Waals surface area (Å²) in [4.78, 5) is 12.5. The number of benzene rings is 1. The molecule has 8 heteroatoms. The first-order chi connectivity index (χ1) is 10.8. The first kappa shape index (κ1) is 14.1. The monoisotopic (exact) mass is 314 g/mol. The van der Waals surface area contributed by atoms with E-state index in [4.69, 9.17) is 10.5 Å². The summed E-state index contributed by atoms with van der Waals surface area (Å²) in [5, 5.41) is 8.82. The van der Waals surface area contributed by atoms with E-state index in [1.54, 1.807) is 13.3 Å². The number of nitrogens with zero attached hydrogens (tertiary/aromatic N) is 3. The van der Waals surface area contributed by atoms with E-state index < -0.39 is 0 Å². The molecule has 3 rings (SSSR count). The van der Waals surface area contributed by atoms with Crippen molar-refractivity contribution in [3.63, 3.8) is 0 Å². The molecular weight excluding hydrogens is 300 g/mol.